The number of nitrogens with zero attached hydrogens (tertiary/aromatic N) is 5. The average Bonchev–Trinajstić information content (AvgIpc) is 3.99. The van der Waals surface area contributed by atoms with E-state index in [0.717, 1.165) is 38.7 Å². The summed E-state index contributed by atoms with van der Waals surface area (Å²) in [5.41, 5.74) is 1.52. The molecule has 2 fully saturated rings. The molecule has 0 saturated carbocycles. The highest BCUT2D eigenvalue weighted by molar-refractivity contribution is 7.81. The van der Waals surface area contributed by atoms with E-state index in [2.05, 4.69) is 15.6 Å². The highest BCUT2D eigenvalue weighted by Crippen LogP contribution is 2.40. The zero-order valence-corrected chi connectivity index (χ0v) is 42.3. The Kier molecular flexibility index (Phi) is 18.0. The number of aliphatic hydroxyl groups is 1. The highest BCUT2D eigenvalue weighted by atomic mass is 32.1. The lowest BCUT2D eigenvalue weighted by Crippen LogP contribution is -2.57. The van der Waals surface area contributed by atoms with Gasteiger partial charge in [0.25, 0.3) is 5.91 Å². The van der Waals surface area contributed by atoms with Gasteiger partial charge in [-0.15, -0.1) is 11.3 Å². The smallest absolute Gasteiger partial charge is 0.417 e. The lowest BCUT2D eigenvalue weighted by Gasteiger charge is -2.35. The van der Waals surface area contributed by atoms with Crippen molar-refractivity contribution in [2.75, 3.05) is 49.4 Å². The highest BCUT2D eigenvalue weighted by Gasteiger charge is 2.51. The van der Waals surface area contributed by atoms with Gasteiger partial charge < -0.3 is 39.8 Å². The summed E-state index contributed by atoms with van der Waals surface area (Å²) in [7, 11) is 0. The van der Waals surface area contributed by atoms with Crippen molar-refractivity contribution in [3.8, 4) is 22.3 Å². The number of thiocarbonyl (C=S) groups is 1. The zero-order chi connectivity index (χ0) is 51.7. The number of carbonyl (C=O) groups is 4. The second-order valence-electron chi connectivity index (χ2n) is 19.0. The van der Waals surface area contributed by atoms with Gasteiger partial charge >= 0.3 is 6.18 Å². The molecule has 71 heavy (non-hydrogen) atoms. The van der Waals surface area contributed by atoms with Gasteiger partial charge in [-0.05, 0) is 105 Å². The van der Waals surface area contributed by atoms with E-state index < -0.39 is 58.3 Å². The molecule has 4 amide bonds. The number of nitriles is 1. The Labute approximate surface area is 421 Å². The molecule has 0 bridgehead atoms. The van der Waals surface area contributed by atoms with E-state index >= 15 is 0 Å². The van der Waals surface area contributed by atoms with Crippen LogP contribution in [0.3, 0.4) is 0 Å². The summed E-state index contributed by atoms with van der Waals surface area (Å²) < 4.78 is 58.4. The van der Waals surface area contributed by atoms with E-state index in [4.69, 9.17) is 26.4 Å². The second kappa shape index (κ2) is 23.5. The van der Waals surface area contributed by atoms with Crippen LogP contribution < -0.4 is 25.2 Å². The number of likely N-dealkylation sites (tertiary alicyclic amines) is 1. The average molecular weight is 1020 g/mol. The van der Waals surface area contributed by atoms with Crippen LogP contribution in [0.25, 0.3) is 10.4 Å². The lowest BCUT2D eigenvalue weighted by molar-refractivity contribution is -0.144. The molecule has 6 rings (SSSR count). The Morgan fingerprint density at radius 1 is 0.958 bits per heavy atom. The van der Waals surface area contributed by atoms with Gasteiger partial charge in [-0.3, -0.25) is 24.1 Å². The number of carbonyl (C=O) groups excluding carboxylic acids is 4. The SMILES string of the molecule is Cc1ncsc1-c1ccc(CNC(=O)[C@@H]2C[C@@H](O)CN2C(=O)[C@@H](NC(=O)CCCOCCCOCCCOc2ccc(N3C(=S)N(c4ccc(C#N)c(C(F)(F)F)c4)C(=O)C3(C)C)cc2)C(C)(C)C)cc1. The van der Waals surface area contributed by atoms with Crippen LogP contribution in [0.2, 0.25) is 0 Å². The number of nitrogens with one attached hydrogen (secondary N) is 2. The third-order valence-electron chi connectivity index (χ3n) is 12.1. The number of aliphatic hydroxyl groups excluding tert-OH is 1. The van der Waals surface area contributed by atoms with E-state index in [0.29, 0.717) is 63.7 Å². The van der Waals surface area contributed by atoms with Gasteiger partial charge in [-0.1, -0.05) is 45.0 Å². The number of amides is 4. The number of rotatable bonds is 21. The van der Waals surface area contributed by atoms with Gasteiger partial charge in [0.1, 0.15) is 23.4 Å². The first kappa shape index (κ1) is 54.4. The number of alkyl halides is 3. The Bertz CT molecular complexity index is 2580. The van der Waals surface area contributed by atoms with Gasteiger partial charge in [0.2, 0.25) is 17.7 Å². The number of hydrogen-bond acceptors (Lipinski definition) is 12. The van der Waals surface area contributed by atoms with Crippen molar-refractivity contribution < 1.29 is 51.7 Å². The third-order valence-corrected chi connectivity index (χ3v) is 13.5. The van der Waals surface area contributed by atoms with Gasteiger partial charge in [-0.25, -0.2) is 4.98 Å². The molecule has 0 radical (unpaired) electrons. The summed E-state index contributed by atoms with van der Waals surface area (Å²) in [6.45, 7) is 13.0. The first-order chi connectivity index (χ1) is 33.6. The number of benzene rings is 3. The third kappa shape index (κ3) is 13.5. The van der Waals surface area contributed by atoms with Crippen LogP contribution >= 0.6 is 23.6 Å². The Hall–Kier alpha value is -5.98. The number of anilines is 2. The molecule has 3 atom stereocenters. The van der Waals surface area contributed by atoms with Crippen LogP contribution in [0.4, 0.5) is 24.5 Å². The molecule has 4 aromatic rings. The van der Waals surface area contributed by atoms with Crippen LogP contribution in [0, 0.1) is 23.7 Å². The first-order valence-corrected chi connectivity index (χ1v) is 24.6. The van der Waals surface area contributed by atoms with Crippen molar-refractivity contribution in [1.29, 1.82) is 5.26 Å². The van der Waals surface area contributed by atoms with E-state index in [9.17, 15) is 42.7 Å². The van der Waals surface area contributed by atoms with Crippen molar-refractivity contribution in [2.24, 2.45) is 5.41 Å². The molecule has 15 nitrogen and oxygen atoms in total. The molecular formula is C51H60F3N7O8S2. The van der Waals surface area contributed by atoms with Crippen LogP contribution in [0.1, 0.15) is 89.1 Å². The van der Waals surface area contributed by atoms with Crippen molar-refractivity contribution in [3.05, 3.63) is 94.6 Å². The normalized spacial score (nSPS) is 17.3. The van der Waals surface area contributed by atoms with Gasteiger partial charge in [0.15, 0.2) is 5.11 Å². The van der Waals surface area contributed by atoms with E-state index in [1.807, 2.05) is 52.0 Å². The molecule has 1 aromatic heterocycles. The Morgan fingerprint density at radius 3 is 2.20 bits per heavy atom. The fraction of sp³-hybridized carbons (Fsp3) is 0.471. The zero-order valence-electron chi connectivity index (χ0n) is 40.6. The molecule has 3 N–H and O–H groups in total. The number of thiazole rings is 1. The molecule has 380 valence electrons. The van der Waals surface area contributed by atoms with Crippen LogP contribution in [0.5, 0.6) is 5.75 Å². The van der Waals surface area contributed by atoms with E-state index in [-0.39, 0.29) is 48.5 Å². The molecule has 3 heterocycles. The van der Waals surface area contributed by atoms with Gasteiger partial charge in [-0.2, -0.15) is 18.4 Å². The predicted molar refractivity (Wildman–Crippen MR) is 266 cm³/mol. The van der Waals surface area contributed by atoms with Crippen molar-refractivity contribution in [1.82, 2.24) is 20.5 Å². The number of hydrogen-bond donors (Lipinski definition) is 3. The summed E-state index contributed by atoms with van der Waals surface area (Å²) in [5, 5.41) is 25.5. The minimum Gasteiger partial charge on any atom is -0.494 e. The second-order valence-corrected chi connectivity index (χ2v) is 20.2. The first-order valence-electron chi connectivity index (χ1n) is 23.3. The summed E-state index contributed by atoms with van der Waals surface area (Å²) >= 11 is 7.18. The fourth-order valence-electron chi connectivity index (χ4n) is 8.32. The largest absolute Gasteiger partial charge is 0.494 e. The van der Waals surface area contributed by atoms with Crippen molar-refractivity contribution in [3.63, 3.8) is 0 Å². The number of β-amino-alcohol motifs (C(OH)–C–C–N with tert-alkyl or cyclic N) is 1. The van der Waals surface area contributed by atoms with Gasteiger partial charge in [0.05, 0.1) is 51.7 Å². The summed E-state index contributed by atoms with van der Waals surface area (Å²) in [5.74, 6) is -1.09. The fourth-order valence-corrected chi connectivity index (χ4v) is 9.65. The summed E-state index contributed by atoms with van der Waals surface area (Å²) in [6.07, 6.45) is -3.79. The van der Waals surface area contributed by atoms with E-state index in [1.54, 1.807) is 65.9 Å². The quantitative estimate of drug-likeness (QED) is 0.0546. The molecule has 2 aliphatic heterocycles. The number of aryl methyl sites for hydroxylation is 1. The molecule has 2 aliphatic rings. The molecule has 3 aromatic carbocycles. The molecule has 0 spiro atoms. The van der Waals surface area contributed by atoms with Crippen LogP contribution in [0.15, 0.2) is 72.2 Å². The minimum absolute atomic E-state index is 0.00604. The molecule has 2 saturated heterocycles. The summed E-state index contributed by atoms with van der Waals surface area (Å²) in [4.78, 5) is 63.4. The Morgan fingerprint density at radius 2 is 1.59 bits per heavy atom. The molecule has 0 unspecified atom stereocenters. The van der Waals surface area contributed by atoms with Crippen molar-refractivity contribution >= 4 is 63.7 Å². The van der Waals surface area contributed by atoms with Crippen LogP contribution in [-0.2, 0) is 41.4 Å². The maximum Gasteiger partial charge on any atom is 0.417 e. The maximum atomic E-state index is 14.0. The van der Waals surface area contributed by atoms with Gasteiger partial charge in [0, 0.05) is 64.5 Å². The molecular weight excluding hydrogens is 960 g/mol. The molecule has 0 aliphatic carbocycles. The number of ether oxygens (including phenoxy) is 3. The van der Waals surface area contributed by atoms with Crippen LogP contribution in [-0.4, -0.2) is 107 Å². The van der Waals surface area contributed by atoms with Crippen molar-refractivity contribution in [2.45, 2.75) is 110 Å². The monoisotopic (exact) mass is 1020 g/mol. The standard InChI is InChI=1S/C51H60F3N7O8S2/c1-32-43(71-31-57-32)34-13-11-33(12-14-34)29-56-45(64)41-27-38(62)30-59(41)46(65)44(49(2,3)4)58-42(63)10-7-21-67-22-8-23-68-24-9-25-69-39-19-17-36(18-20-39)61-48(70)60(47(66)50(61,5)6)37-16-15-35(28-55)40(26-37)51(52,53)54/h11-20,26,31,38,41,44,62H,7-10,21-25,27,29-30H2,1-6H3,(H,56,64)(H,58,63)/t38-,41+,44-/m1/s1. The predicted octanol–water partition coefficient (Wildman–Crippen LogP) is 7.71. The topological polar surface area (TPSA) is 187 Å². The molecule has 20 heteroatoms. The number of halogens is 3. The number of aromatic nitrogens is 1. The maximum absolute atomic E-state index is 14.0. The lowest BCUT2D eigenvalue weighted by atomic mass is 9.85. The minimum atomic E-state index is -4.80. The van der Waals surface area contributed by atoms with E-state index in [1.165, 1.54) is 11.0 Å². The summed E-state index contributed by atoms with van der Waals surface area (Å²) in [6, 6.07) is 17.5. The Balaban J connectivity index is 0.851.